The molecule has 0 unspecified atom stereocenters. The number of nitrogens with zero attached hydrogens (tertiary/aromatic N) is 1. The summed E-state index contributed by atoms with van der Waals surface area (Å²) in [5.74, 6) is -5.47. The highest BCUT2D eigenvalue weighted by molar-refractivity contribution is 5.94. The number of hydrogen-bond acceptors (Lipinski definition) is 2. The van der Waals surface area contributed by atoms with Crippen LogP contribution in [0.4, 0.5) is 18.9 Å². The van der Waals surface area contributed by atoms with Crippen LogP contribution in [0, 0.1) is 23.4 Å². The fourth-order valence-electron chi connectivity index (χ4n) is 2.39. The number of amides is 2. The van der Waals surface area contributed by atoms with Gasteiger partial charge in [0.25, 0.3) is 0 Å². The van der Waals surface area contributed by atoms with Crippen molar-refractivity contribution in [2.45, 2.75) is 40.0 Å². The average Bonchev–Trinajstić information content (AvgIpc) is 2.54. The van der Waals surface area contributed by atoms with Crippen molar-refractivity contribution in [3.8, 4) is 0 Å². The molecule has 0 bridgehead atoms. The van der Waals surface area contributed by atoms with Gasteiger partial charge >= 0.3 is 0 Å². The van der Waals surface area contributed by atoms with Gasteiger partial charge in [-0.2, -0.15) is 0 Å². The van der Waals surface area contributed by atoms with Crippen LogP contribution in [0.5, 0.6) is 0 Å². The molecule has 7 heteroatoms. The lowest BCUT2D eigenvalue weighted by molar-refractivity contribution is -0.138. The van der Waals surface area contributed by atoms with Gasteiger partial charge in [0.15, 0.2) is 17.5 Å². The summed E-state index contributed by atoms with van der Waals surface area (Å²) in [6.07, 6.45) is 2.22. The molecule has 0 radical (unpaired) electrons. The van der Waals surface area contributed by atoms with Crippen molar-refractivity contribution >= 4 is 17.5 Å². The molecule has 134 valence electrons. The normalized spacial score (nSPS) is 11.9. The molecule has 0 saturated heterocycles. The largest absolute Gasteiger partial charge is 0.333 e. The van der Waals surface area contributed by atoms with Crippen molar-refractivity contribution in [1.82, 2.24) is 4.90 Å². The second-order valence-electron chi connectivity index (χ2n) is 5.72. The molecule has 0 aliphatic heterocycles. The molecule has 1 N–H and O–H groups in total. The summed E-state index contributed by atoms with van der Waals surface area (Å²) in [6.45, 7) is 5.76. The van der Waals surface area contributed by atoms with E-state index in [4.69, 9.17) is 0 Å². The molecule has 1 aromatic carbocycles. The first-order chi connectivity index (χ1) is 11.3. The van der Waals surface area contributed by atoms with Crippen LogP contribution in [0.3, 0.4) is 0 Å². The topological polar surface area (TPSA) is 49.4 Å². The summed E-state index contributed by atoms with van der Waals surface area (Å²) in [6, 6.07) is 1.67. The van der Waals surface area contributed by atoms with Crippen molar-refractivity contribution in [3.63, 3.8) is 0 Å². The number of nitrogens with one attached hydrogen (secondary N) is 1. The zero-order valence-corrected chi connectivity index (χ0v) is 14.2. The Kier molecular flexibility index (Phi) is 7.74. The highest BCUT2D eigenvalue weighted by Gasteiger charge is 2.22. The molecule has 0 spiro atoms. The monoisotopic (exact) mass is 344 g/mol. The van der Waals surface area contributed by atoms with Crippen LogP contribution in [-0.2, 0) is 9.59 Å². The Morgan fingerprint density at radius 2 is 1.79 bits per heavy atom. The van der Waals surface area contributed by atoms with Gasteiger partial charge in [0.2, 0.25) is 11.8 Å². The Bertz CT molecular complexity index is 593. The quantitative estimate of drug-likeness (QED) is 0.731. The second kappa shape index (κ2) is 9.30. The van der Waals surface area contributed by atoms with Gasteiger partial charge < -0.3 is 10.2 Å². The van der Waals surface area contributed by atoms with E-state index in [0.29, 0.717) is 19.4 Å². The van der Waals surface area contributed by atoms with Gasteiger partial charge in [-0.3, -0.25) is 9.59 Å². The molecule has 0 aliphatic rings. The number of carbonyl (C=O) groups is 2. The zero-order chi connectivity index (χ0) is 18.3. The van der Waals surface area contributed by atoms with E-state index in [1.807, 2.05) is 13.8 Å². The van der Waals surface area contributed by atoms with Gasteiger partial charge in [0.05, 0.1) is 12.2 Å². The highest BCUT2D eigenvalue weighted by atomic mass is 19.2. The molecule has 0 aliphatic carbocycles. The molecular weight excluding hydrogens is 321 g/mol. The van der Waals surface area contributed by atoms with E-state index in [0.717, 1.165) is 18.6 Å². The van der Waals surface area contributed by atoms with Crippen LogP contribution in [0.15, 0.2) is 12.1 Å². The van der Waals surface area contributed by atoms with Crippen LogP contribution in [0.25, 0.3) is 0 Å². The minimum atomic E-state index is -1.65. The first kappa shape index (κ1) is 20.0. The third-order valence-electron chi connectivity index (χ3n) is 3.59. The Labute approximate surface area is 140 Å². The third-order valence-corrected chi connectivity index (χ3v) is 3.59. The first-order valence-electron chi connectivity index (χ1n) is 8.03. The predicted octanol–water partition coefficient (Wildman–Crippen LogP) is 3.72. The lowest BCUT2D eigenvalue weighted by Gasteiger charge is -2.25. The van der Waals surface area contributed by atoms with Gasteiger partial charge in [-0.15, -0.1) is 0 Å². The minimum Gasteiger partial charge on any atom is -0.333 e. The van der Waals surface area contributed by atoms with Crippen molar-refractivity contribution in [1.29, 1.82) is 0 Å². The summed E-state index contributed by atoms with van der Waals surface area (Å²) < 4.78 is 39.7. The van der Waals surface area contributed by atoms with Gasteiger partial charge in [0.1, 0.15) is 0 Å². The molecule has 24 heavy (non-hydrogen) atoms. The summed E-state index contributed by atoms with van der Waals surface area (Å²) in [5.41, 5.74) is -0.454. The van der Waals surface area contributed by atoms with E-state index in [-0.39, 0.29) is 18.4 Å². The molecular formula is C17H23F3N2O2. The number of halogens is 3. The lowest BCUT2D eigenvalue weighted by Crippen LogP contribution is -2.41. The molecule has 4 nitrogen and oxygen atoms in total. The maximum Gasteiger partial charge on any atom is 0.244 e. The molecule has 2 amide bonds. The van der Waals surface area contributed by atoms with Gasteiger partial charge in [-0.05, 0) is 25.0 Å². The van der Waals surface area contributed by atoms with Crippen LogP contribution in [0.1, 0.15) is 40.0 Å². The van der Waals surface area contributed by atoms with Crippen LogP contribution in [0.2, 0.25) is 0 Å². The minimum absolute atomic E-state index is 0.153. The first-order valence-corrected chi connectivity index (χ1v) is 8.03. The molecule has 0 saturated carbocycles. The molecule has 0 fully saturated rings. The fraction of sp³-hybridized carbons (Fsp3) is 0.529. The van der Waals surface area contributed by atoms with Crippen LogP contribution in [-0.4, -0.2) is 29.8 Å². The fourth-order valence-corrected chi connectivity index (χ4v) is 2.39. The summed E-state index contributed by atoms with van der Waals surface area (Å²) in [4.78, 5) is 25.8. The third kappa shape index (κ3) is 5.25. The van der Waals surface area contributed by atoms with Gasteiger partial charge in [0, 0.05) is 12.5 Å². The Morgan fingerprint density at radius 3 is 2.38 bits per heavy atom. The molecule has 0 heterocycles. The van der Waals surface area contributed by atoms with Crippen molar-refractivity contribution < 1.29 is 22.8 Å². The van der Waals surface area contributed by atoms with E-state index in [2.05, 4.69) is 5.32 Å². The van der Waals surface area contributed by atoms with Crippen molar-refractivity contribution in [2.75, 3.05) is 18.4 Å². The molecule has 0 aromatic heterocycles. The maximum atomic E-state index is 13.6. The predicted molar refractivity (Wildman–Crippen MR) is 85.9 cm³/mol. The molecule has 1 aromatic rings. The summed E-state index contributed by atoms with van der Waals surface area (Å²) >= 11 is 0. The van der Waals surface area contributed by atoms with Crippen LogP contribution >= 0.6 is 0 Å². The average molecular weight is 344 g/mol. The Balaban J connectivity index is 2.79. The van der Waals surface area contributed by atoms with Gasteiger partial charge in [-0.25, -0.2) is 13.2 Å². The Morgan fingerprint density at radius 1 is 1.12 bits per heavy atom. The second-order valence-corrected chi connectivity index (χ2v) is 5.72. The van der Waals surface area contributed by atoms with E-state index in [1.54, 1.807) is 6.92 Å². The smallest absolute Gasteiger partial charge is 0.244 e. The maximum absolute atomic E-state index is 13.6. The van der Waals surface area contributed by atoms with Crippen molar-refractivity contribution in [2.24, 2.45) is 5.92 Å². The molecule has 1 atom stereocenters. The van der Waals surface area contributed by atoms with E-state index >= 15 is 0 Å². The zero-order valence-electron chi connectivity index (χ0n) is 14.2. The number of rotatable bonds is 8. The highest BCUT2D eigenvalue weighted by Crippen LogP contribution is 2.19. The lowest BCUT2D eigenvalue weighted by atomic mass is 10.0. The summed E-state index contributed by atoms with van der Waals surface area (Å²) in [5, 5.41) is 2.18. The van der Waals surface area contributed by atoms with E-state index < -0.39 is 29.0 Å². The number of anilines is 1. The van der Waals surface area contributed by atoms with Crippen LogP contribution < -0.4 is 5.32 Å². The van der Waals surface area contributed by atoms with Crippen molar-refractivity contribution in [3.05, 3.63) is 29.6 Å². The SMILES string of the molecule is CCC[C@@H](C)C(=O)N(CCC)CC(=O)Nc1ccc(F)c(F)c1F. The number of carbonyl (C=O) groups excluding carboxylic acids is 2. The number of benzene rings is 1. The standard InChI is InChI=1S/C17H23F3N2O2/c1-4-6-11(3)17(24)22(9-5-2)10-14(23)21-13-8-7-12(18)15(19)16(13)20/h7-8,11H,4-6,9-10H2,1-3H3,(H,21,23)/t11-/m1/s1. The van der Waals surface area contributed by atoms with Gasteiger partial charge in [-0.1, -0.05) is 27.2 Å². The number of hydrogen-bond donors (Lipinski definition) is 1. The van der Waals surface area contributed by atoms with E-state index in [9.17, 15) is 22.8 Å². The molecule has 1 rings (SSSR count). The Hall–Kier alpha value is -2.05. The van der Waals surface area contributed by atoms with E-state index in [1.165, 1.54) is 4.90 Å². The summed E-state index contributed by atoms with van der Waals surface area (Å²) in [7, 11) is 0.